The number of carbonyl (C=O) groups excluding carboxylic acids is 2. The number of hydrogen-bond donors (Lipinski definition) is 1. The summed E-state index contributed by atoms with van der Waals surface area (Å²) in [7, 11) is 0. The Bertz CT molecular complexity index is 609. The van der Waals surface area contributed by atoms with E-state index in [4.69, 9.17) is 4.74 Å². The smallest absolute Gasteiger partial charge is 0.338 e. The minimum atomic E-state index is -0.395. The van der Waals surface area contributed by atoms with Gasteiger partial charge >= 0.3 is 5.97 Å². The molecule has 5 heteroatoms. The molecule has 1 amide bonds. The lowest BCUT2D eigenvalue weighted by molar-refractivity contribution is 0.0503. The molecule has 0 aliphatic rings. The Kier molecular flexibility index (Phi) is 5.04. The molecular formula is C16H16N2O3. The topological polar surface area (TPSA) is 68.3 Å². The van der Waals surface area contributed by atoms with Crippen LogP contribution >= 0.6 is 0 Å². The molecule has 108 valence electrons. The van der Waals surface area contributed by atoms with E-state index >= 15 is 0 Å². The van der Waals surface area contributed by atoms with Gasteiger partial charge in [0, 0.05) is 18.0 Å². The van der Waals surface area contributed by atoms with Crippen molar-refractivity contribution in [1.82, 2.24) is 10.3 Å². The second-order valence-electron chi connectivity index (χ2n) is 4.49. The number of esters is 1. The Morgan fingerprint density at radius 3 is 2.38 bits per heavy atom. The maximum atomic E-state index is 11.7. The van der Waals surface area contributed by atoms with Crippen molar-refractivity contribution in [3.05, 3.63) is 65.5 Å². The highest BCUT2D eigenvalue weighted by Gasteiger charge is 2.07. The number of amides is 1. The van der Waals surface area contributed by atoms with Crippen molar-refractivity contribution in [2.24, 2.45) is 0 Å². The van der Waals surface area contributed by atoms with E-state index < -0.39 is 5.97 Å². The second kappa shape index (κ2) is 7.19. The van der Waals surface area contributed by atoms with E-state index in [0.29, 0.717) is 11.1 Å². The van der Waals surface area contributed by atoms with Crippen LogP contribution in [0.4, 0.5) is 0 Å². The molecule has 21 heavy (non-hydrogen) atoms. The van der Waals surface area contributed by atoms with Crippen LogP contribution in [-0.4, -0.2) is 30.0 Å². The molecule has 0 unspecified atom stereocenters. The number of pyridine rings is 1. The molecule has 0 aliphatic heterocycles. The summed E-state index contributed by atoms with van der Waals surface area (Å²) in [5, 5.41) is 2.67. The van der Waals surface area contributed by atoms with Crippen molar-refractivity contribution >= 4 is 11.9 Å². The fourth-order valence-electron chi connectivity index (χ4n) is 1.69. The predicted molar refractivity (Wildman–Crippen MR) is 78.0 cm³/mol. The summed E-state index contributed by atoms with van der Waals surface area (Å²) in [6, 6.07) is 10.4. The summed E-state index contributed by atoms with van der Waals surface area (Å²) in [6.07, 6.45) is 3.10. The Balaban J connectivity index is 1.73. The molecule has 1 N–H and O–H groups in total. The summed E-state index contributed by atoms with van der Waals surface area (Å²) in [4.78, 5) is 27.3. The monoisotopic (exact) mass is 284 g/mol. The lowest BCUT2D eigenvalue weighted by atomic mass is 10.1. The molecule has 2 rings (SSSR count). The van der Waals surface area contributed by atoms with Gasteiger partial charge in [0.25, 0.3) is 5.91 Å². The minimum Gasteiger partial charge on any atom is -0.460 e. The van der Waals surface area contributed by atoms with Gasteiger partial charge < -0.3 is 10.1 Å². The summed E-state index contributed by atoms with van der Waals surface area (Å²) < 4.78 is 5.09. The Labute approximate surface area is 123 Å². The maximum Gasteiger partial charge on any atom is 0.338 e. The molecule has 0 atom stereocenters. The van der Waals surface area contributed by atoms with Crippen LogP contribution in [0.5, 0.6) is 0 Å². The third-order valence-corrected chi connectivity index (χ3v) is 2.85. The van der Waals surface area contributed by atoms with Crippen LogP contribution in [-0.2, 0) is 4.74 Å². The normalized spacial score (nSPS) is 9.95. The summed E-state index contributed by atoms with van der Waals surface area (Å²) in [6.45, 7) is 2.34. The highest BCUT2D eigenvalue weighted by atomic mass is 16.5. The van der Waals surface area contributed by atoms with Gasteiger partial charge in [0.1, 0.15) is 6.61 Å². The Morgan fingerprint density at radius 1 is 1.05 bits per heavy atom. The van der Waals surface area contributed by atoms with E-state index in [1.807, 2.05) is 19.1 Å². The molecule has 5 nitrogen and oxygen atoms in total. The Morgan fingerprint density at radius 2 is 1.71 bits per heavy atom. The average Bonchev–Trinajstić information content (AvgIpc) is 2.52. The molecule has 0 radical (unpaired) electrons. The van der Waals surface area contributed by atoms with Gasteiger partial charge in [0.2, 0.25) is 0 Å². The van der Waals surface area contributed by atoms with Crippen molar-refractivity contribution in [2.75, 3.05) is 13.2 Å². The standard InChI is InChI=1S/C16H16N2O3/c1-12-2-4-14(5-3-12)16(20)21-11-10-18-15(19)13-6-8-17-9-7-13/h2-9H,10-11H2,1H3,(H,18,19). The van der Waals surface area contributed by atoms with Gasteiger partial charge in [0.05, 0.1) is 12.1 Å². The van der Waals surface area contributed by atoms with Crippen molar-refractivity contribution in [3.63, 3.8) is 0 Å². The highest BCUT2D eigenvalue weighted by molar-refractivity contribution is 5.94. The minimum absolute atomic E-state index is 0.129. The number of nitrogens with zero attached hydrogens (tertiary/aromatic N) is 1. The van der Waals surface area contributed by atoms with Gasteiger partial charge in [-0.3, -0.25) is 9.78 Å². The fraction of sp³-hybridized carbons (Fsp3) is 0.188. The third kappa shape index (κ3) is 4.42. The van der Waals surface area contributed by atoms with Gasteiger partial charge in [-0.1, -0.05) is 17.7 Å². The SMILES string of the molecule is Cc1ccc(C(=O)OCCNC(=O)c2ccncc2)cc1. The predicted octanol–water partition coefficient (Wildman–Crippen LogP) is 1.98. The number of rotatable bonds is 5. The number of aromatic nitrogens is 1. The second-order valence-corrected chi connectivity index (χ2v) is 4.49. The molecule has 0 saturated carbocycles. The van der Waals surface area contributed by atoms with Gasteiger partial charge in [-0.25, -0.2) is 4.79 Å². The zero-order valence-corrected chi connectivity index (χ0v) is 11.7. The summed E-state index contributed by atoms with van der Waals surface area (Å²) >= 11 is 0. The lowest BCUT2D eigenvalue weighted by Crippen LogP contribution is -2.28. The zero-order chi connectivity index (χ0) is 15.1. The maximum absolute atomic E-state index is 11.7. The van der Waals surface area contributed by atoms with Crippen molar-refractivity contribution < 1.29 is 14.3 Å². The first-order valence-corrected chi connectivity index (χ1v) is 6.59. The molecular weight excluding hydrogens is 268 g/mol. The first-order valence-electron chi connectivity index (χ1n) is 6.59. The summed E-state index contributed by atoms with van der Waals surface area (Å²) in [5.41, 5.74) is 2.10. The van der Waals surface area contributed by atoms with E-state index in [1.54, 1.807) is 36.7 Å². The lowest BCUT2D eigenvalue weighted by Gasteiger charge is -2.07. The molecule has 1 aromatic carbocycles. The van der Waals surface area contributed by atoms with Crippen LogP contribution in [0.2, 0.25) is 0 Å². The van der Waals surface area contributed by atoms with Crippen molar-refractivity contribution in [3.8, 4) is 0 Å². The molecule has 1 aromatic heterocycles. The first-order chi connectivity index (χ1) is 10.2. The molecule has 0 spiro atoms. The van der Waals surface area contributed by atoms with Gasteiger partial charge in [-0.15, -0.1) is 0 Å². The number of benzene rings is 1. The average molecular weight is 284 g/mol. The summed E-state index contributed by atoms with van der Waals surface area (Å²) in [5.74, 6) is -0.614. The molecule has 0 aliphatic carbocycles. The zero-order valence-electron chi connectivity index (χ0n) is 11.7. The van der Waals surface area contributed by atoms with Crippen LogP contribution in [0.15, 0.2) is 48.8 Å². The van der Waals surface area contributed by atoms with E-state index in [2.05, 4.69) is 10.3 Å². The molecule has 2 aromatic rings. The third-order valence-electron chi connectivity index (χ3n) is 2.85. The van der Waals surface area contributed by atoms with Gasteiger partial charge in [0.15, 0.2) is 0 Å². The number of ether oxygens (including phenoxy) is 1. The molecule has 0 bridgehead atoms. The van der Waals surface area contributed by atoms with E-state index in [0.717, 1.165) is 5.56 Å². The van der Waals surface area contributed by atoms with E-state index in [9.17, 15) is 9.59 Å². The number of carbonyl (C=O) groups is 2. The number of nitrogens with one attached hydrogen (secondary N) is 1. The first kappa shape index (κ1) is 14.7. The largest absolute Gasteiger partial charge is 0.460 e. The van der Waals surface area contributed by atoms with Crippen LogP contribution in [0.3, 0.4) is 0 Å². The van der Waals surface area contributed by atoms with Crippen molar-refractivity contribution in [1.29, 1.82) is 0 Å². The number of hydrogen-bond acceptors (Lipinski definition) is 4. The molecule has 1 heterocycles. The van der Waals surface area contributed by atoms with Gasteiger partial charge in [-0.05, 0) is 31.2 Å². The van der Waals surface area contributed by atoms with Crippen LogP contribution < -0.4 is 5.32 Å². The fourth-order valence-corrected chi connectivity index (χ4v) is 1.69. The van der Waals surface area contributed by atoms with Crippen LogP contribution in [0, 0.1) is 6.92 Å². The van der Waals surface area contributed by atoms with Gasteiger partial charge in [-0.2, -0.15) is 0 Å². The molecule has 0 fully saturated rings. The van der Waals surface area contributed by atoms with E-state index in [1.165, 1.54) is 0 Å². The van der Waals surface area contributed by atoms with Crippen LogP contribution in [0.25, 0.3) is 0 Å². The Hall–Kier alpha value is -2.69. The van der Waals surface area contributed by atoms with Crippen LogP contribution in [0.1, 0.15) is 26.3 Å². The molecule has 0 saturated heterocycles. The number of aryl methyl sites for hydroxylation is 1. The van der Waals surface area contributed by atoms with Crippen molar-refractivity contribution in [2.45, 2.75) is 6.92 Å². The highest BCUT2D eigenvalue weighted by Crippen LogP contribution is 2.04. The van der Waals surface area contributed by atoms with E-state index in [-0.39, 0.29) is 19.1 Å². The quantitative estimate of drug-likeness (QED) is 0.673.